The van der Waals surface area contributed by atoms with Crippen molar-refractivity contribution in [3.63, 3.8) is 0 Å². The highest BCUT2D eigenvalue weighted by atomic mass is 14.9. The number of hydrogen-bond acceptors (Lipinski definition) is 1. The van der Waals surface area contributed by atoms with Crippen molar-refractivity contribution in [3.8, 4) is 22.3 Å². The van der Waals surface area contributed by atoms with Crippen LogP contribution in [0.3, 0.4) is 0 Å². The Labute approximate surface area is 294 Å². The van der Waals surface area contributed by atoms with Crippen molar-refractivity contribution in [2.75, 3.05) is 0 Å². The van der Waals surface area contributed by atoms with E-state index in [0.717, 1.165) is 5.70 Å². The Morgan fingerprint density at radius 2 is 1.04 bits per heavy atom. The molecular weight excluding hydrogens is 603 g/mol. The summed E-state index contributed by atoms with van der Waals surface area (Å²) in [6, 6.07) is 56.1. The van der Waals surface area contributed by atoms with Crippen molar-refractivity contribution < 1.29 is 0 Å². The monoisotopic (exact) mass is 641 g/mol. The molecule has 1 aliphatic rings. The van der Waals surface area contributed by atoms with Crippen molar-refractivity contribution in [1.29, 1.82) is 0 Å². The molecule has 0 bridgehead atoms. The summed E-state index contributed by atoms with van der Waals surface area (Å²) >= 11 is 0. The van der Waals surface area contributed by atoms with Crippen LogP contribution in [-0.4, -0.2) is 0 Å². The maximum absolute atomic E-state index is 3.85. The molecule has 0 radical (unpaired) electrons. The van der Waals surface area contributed by atoms with E-state index in [1.54, 1.807) is 0 Å². The van der Waals surface area contributed by atoms with Gasteiger partial charge in [0.2, 0.25) is 0 Å². The molecule has 0 aliphatic carbocycles. The fraction of sp³-hybridized carbons (Fsp3) is 0.102. The van der Waals surface area contributed by atoms with Crippen molar-refractivity contribution >= 4 is 48.8 Å². The van der Waals surface area contributed by atoms with Gasteiger partial charge in [-0.15, -0.1) is 0 Å². The van der Waals surface area contributed by atoms with Crippen molar-refractivity contribution in [2.45, 2.75) is 32.2 Å². The zero-order valence-corrected chi connectivity index (χ0v) is 28.7. The number of rotatable bonds is 4. The minimum Gasteiger partial charge on any atom is -0.374 e. The third kappa shape index (κ3) is 5.09. The standard InChI is InChI=1S/C49H39N/c1-49(2,3)36-27-29-42-44(31-36)48(40-23-12-19-33-15-8-10-21-38(33)40)41-28-26-35(46-25-13-24-45(50-46)34-16-5-4-6-17-34)30-43(41)47(42)39-22-11-18-32-14-7-9-20-37(32)39/h4-31,46,50H,1-3H3. The first-order valence-corrected chi connectivity index (χ1v) is 17.6. The fourth-order valence-electron chi connectivity index (χ4n) is 7.89. The molecule has 1 nitrogen and oxygen atoms in total. The molecule has 1 aliphatic heterocycles. The van der Waals surface area contributed by atoms with E-state index < -0.39 is 0 Å². The molecular formula is C49H39N. The highest BCUT2D eigenvalue weighted by molar-refractivity contribution is 6.25. The van der Waals surface area contributed by atoms with Gasteiger partial charge in [0, 0.05) is 5.70 Å². The van der Waals surface area contributed by atoms with Gasteiger partial charge < -0.3 is 5.32 Å². The van der Waals surface area contributed by atoms with E-state index >= 15 is 0 Å². The molecule has 240 valence electrons. The van der Waals surface area contributed by atoms with E-state index in [9.17, 15) is 0 Å². The quantitative estimate of drug-likeness (QED) is 0.189. The first-order chi connectivity index (χ1) is 24.4. The second-order valence-corrected chi connectivity index (χ2v) is 14.6. The van der Waals surface area contributed by atoms with Crippen LogP contribution in [0.1, 0.15) is 43.5 Å². The summed E-state index contributed by atoms with van der Waals surface area (Å²) in [4.78, 5) is 0. The molecule has 0 spiro atoms. The number of benzene rings is 8. The summed E-state index contributed by atoms with van der Waals surface area (Å²) in [7, 11) is 0. The van der Waals surface area contributed by atoms with E-state index in [1.807, 2.05) is 0 Å². The topological polar surface area (TPSA) is 12.0 Å². The molecule has 1 heterocycles. The van der Waals surface area contributed by atoms with Gasteiger partial charge in [-0.3, -0.25) is 0 Å². The van der Waals surface area contributed by atoms with E-state index in [4.69, 9.17) is 0 Å². The number of fused-ring (bicyclic) bond motifs is 4. The predicted molar refractivity (Wildman–Crippen MR) is 215 cm³/mol. The summed E-state index contributed by atoms with van der Waals surface area (Å²) in [5.41, 5.74) is 10.0. The van der Waals surface area contributed by atoms with Gasteiger partial charge in [-0.2, -0.15) is 0 Å². The van der Waals surface area contributed by atoms with Crippen LogP contribution in [0, 0.1) is 0 Å². The van der Waals surface area contributed by atoms with Crippen LogP contribution in [0.5, 0.6) is 0 Å². The van der Waals surface area contributed by atoms with Crippen LogP contribution in [0.2, 0.25) is 0 Å². The number of nitrogens with one attached hydrogen (secondary N) is 1. The Morgan fingerprint density at radius 3 is 1.68 bits per heavy atom. The molecule has 0 aromatic heterocycles. The molecule has 0 saturated carbocycles. The molecule has 0 amide bonds. The van der Waals surface area contributed by atoms with Crippen LogP contribution in [-0.2, 0) is 5.41 Å². The van der Waals surface area contributed by atoms with E-state index in [0.29, 0.717) is 0 Å². The Hall–Kier alpha value is -5.92. The van der Waals surface area contributed by atoms with Gasteiger partial charge in [0.15, 0.2) is 0 Å². The zero-order chi connectivity index (χ0) is 33.8. The first kappa shape index (κ1) is 30.2. The molecule has 1 unspecified atom stereocenters. The van der Waals surface area contributed by atoms with Gasteiger partial charge in [0.25, 0.3) is 0 Å². The minimum absolute atomic E-state index is 0.00556. The predicted octanol–water partition coefficient (Wildman–Crippen LogP) is 13.2. The molecule has 8 aromatic carbocycles. The Bertz CT molecular complexity index is 2640. The second kappa shape index (κ2) is 11.9. The van der Waals surface area contributed by atoms with Gasteiger partial charge in [-0.25, -0.2) is 0 Å². The summed E-state index contributed by atoms with van der Waals surface area (Å²) in [6.45, 7) is 6.94. The number of dihydropyridines is 1. The summed E-state index contributed by atoms with van der Waals surface area (Å²) in [5.74, 6) is 0. The normalized spacial score (nSPS) is 14.7. The lowest BCUT2D eigenvalue weighted by molar-refractivity contribution is 0.591. The third-order valence-electron chi connectivity index (χ3n) is 10.4. The Kier molecular flexibility index (Phi) is 7.18. The zero-order valence-electron chi connectivity index (χ0n) is 28.7. The van der Waals surface area contributed by atoms with Crippen molar-refractivity contribution in [1.82, 2.24) is 5.32 Å². The highest BCUT2D eigenvalue weighted by Gasteiger charge is 2.23. The second-order valence-electron chi connectivity index (χ2n) is 14.6. The van der Waals surface area contributed by atoms with E-state index in [1.165, 1.54) is 82.0 Å². The lowest BCUT2D eigenvalue weighted by atomic mass is 9.80. The summed E-state index contributed by atoms with van der Waals surface area (Å²) in [6.07, 6.45) is 6.64. The van der Waals surface area contributed by atoms with Crippen LogP contribution >= 0.6 is 0 Å². The third-order valence-corrected chi connectivity index (χ3v) is 10.4. The van der Waals surface area contributed by atoms with Crippen LogP contribution in [0.25, 0.3) is 71.0 Å². The van der Waals surface area contributed by atoms with Gasteiger partial charge >= 0.3 is 0 Å². The molecule has 0 saturated heterocycles. The summed E-state index contributed by atoms with van der Waals surface area (Å²) < 4.78 is 0. The number of hydrogen-bond donors (Lipinski definition) is 1. The average Bonchev–Trinajstić information content (AvgIpc) is 3.16. The largest absolute Gasteiger partial charge is 0.374 e. The Morgan fingerprint density at radius 1 is 0.480 bits per heavy atom. The van der Waals surface area contributed by atoms with Crippen molar-refractivity contribution in [3.05, 3.63) is 187 Å². The average molecular weight is 642 g/mol. The van der Waals surface area contributed by atoms with Gasteiger partial charge in [0.05, 0.1) is 6.04 Å². The van der Waals surface area contributed by atoms with Crippen molar-refractivity contribution in [2.24, 2.45) is 0 Å². The van der Waals surface area contributed by atoms with E-state index in [2.05, 4.69) is 196 Å². The molecule has 0 fully saturated rings. The lowest BCUT2D eigenvalue weighted by Gasteiger charge is -2.26. The molecule has 8 aromatic rings. The SMILES string of the molecule is CC(C)(C)c1ccc2c(-c3cccc4ccccc34)c3cc(C4C=CC=C(c5ccccc5)N4)ccc3c(-c3cccc4ccccc34)c2c1. The van der Waals surface area contributed by atoms with Gasteiger partial charge in [0.1, 0.15) is 0 Å². The lowest BCUT2D eigenvalue weighted by Crippen LogP contribution is -2.20. The maximum atomic E-state index is 3.85. The minimum atomic E-state index is 0.00556. The Balaban J connectivity index is 1.39. The fourth-order valence-corrected chi connectivity index (χ4v) is 7.89. The molecule has 50 heavy (non-hydrogen) atoms. The maximum Gasteiger partial charge on any atom is 0.0701 e. The van der Waals surface area contributed by atoms with Crippen LogP contribution in [0.4, 0.5) is 0 Å². The molecule has 9 rings (SSSR count). The summed E-state index contributed by atoms with van der Waals surface area (Å²) in [5, 5.41) is 14.0. The van der Waals surface area contributed by atoms with E-state index in [-0.39, 0.29) is 11.5 Å². The number of allylic oxidation sites excluding steroid dienone is 2. The molecule has 1 heteroatoms. The molecule has 1 N–H and O–H groups in total. The highest BCUT2D eigenvalue weighted by Crippen LogP contribution is 2.48. The van der Waals surface area contributed by atoms with Crippen LogP contribution < -0.4 is 5.32 Å². The smallest absolute Gasteiger partial charge is 0.0701 e. The van der Waals surface area contributed by atoms with Crippen LogP contribution in [0.15, 0.2) is 170 Å². The van der Waals surface area contributed by atoms with Gasteiger partial charge in [-0.05, 0) is 106 Å². The van der Waals surface area contributed by atoms with Gasteiger partial charge in [-0.1, -0.05) is 172 Å². The molecule has 1 atom stereocenters. The first-order valence-electron chi connectivity index (χ1n) is 17.6.